The fraction of sp³-hybridized carbons (Fsp3) is 0.562. The summed E-state index contributed by atoms with van der Waals surface area (Å²) < 4.78 is 16.1. The number of hydrogen-bond donors (Lipinski definition) is 1. The van der Waals surface area contributed by atoms with Gasteiger partial charge in [0.2, 0.25) is 17.6 Å². The molecule has 4 rings (SSSR count). The number of aromatic nitrogens is 2. The van der Waals surface area contributed by atoms with Gasteiger partial charge in [-0.05, 0) is 18.6 Å². The molecular weight excluding hydrogens is 348 g/mol. The highest BCUT2D eigenvalue weighted by Crippen LogP contribution is 2.19. The van der Waals surface area contributed by atoms with E-state index in [1.807, 2.05) is 4.90 Å². The molecule has 2 atom stereocenters. The summed E-state index contributed by atoms with van der Waals surface area (Å²) in [5.74, 6) is 1.69. The van der Waals surface area contributed by atoms with Crippen LogP contribution in [0.25, 0.3) is 11.6 Å². The van der Waals surface area contributed by atoms with Gasteiger partial charge in [0.1, 0.15) is 0 Å². The summed E-state index contributed by atoms with van der Waals surface area (Å²) in [7, 11) is 0. The first-order chi connectivity index (χ1) is 11.8. The number of hydrogen-bond acceptors (Lipinski definition) is 7. The van der Waals surface area contributed by atoms with Crippen LogP contribution < -0.4 is 5.32 Å². The number of ether oxygens (including phenoxy) is 1. The number of halogens is 1. The molecule has 2 aromatic heterocycles. The fourth-order valence-corrected chi connectivity index (χ4v) is 3.21. The number of nitrogens with zero attached hydrogens (tertiary/aromatic N) is 3. The average Bonchev–Trinajstić information content (AvgIpc) is 3.33. The molecule has 0 bridgehead atoms. The second kappa shape index (κ2) is 7.99. The van der Waals surface area contributed by atoms with Crippen LogP contribution in [0.4, 0.5) is 0 Å². The van der Waals surface area contributed by atoms with Crippen LogP contribution >= 0.6 is 12.4 Å². The predicted molar refractivity (Wildman–Crippen MR) is 90.3 cm³/mol. The van der Waals surface area contributed by atoms with E-state index in [1.165, 1.54) is 0 Å². The van der Waals surface area contributed by atoms with Crippen LogP contribution in [0.5, 0.6) is 0 Å². The van der Waals surface area contributed by atoms with Gasteiger partial charge in [-0.25, -0.2) is 0 Å². The monoisotopic (exact) mass is 368 g/mol. The Balaban J connectivity index is 0.00000182. The van der Waals surface area contributed by atoms with Crippen LogP contribution in [0.1, 0.15) is 18.7 Å². The second-order valence-corrected chi connectivity index (χ2v) is 6.11. The number of rotatable bonds is 5. The van der Waals surface area contributed by atoms with E-state index >= 15 is 0 Å². The zero-order valence-corrected chi connectivity index (χ0v) is 14.5. The van der Waals surface area contributed by atoms with E-state index < -0.39 is 0 Å². The molecule has 4 heterocycles. The summed E-state index contributed by atoms with van der Waals surface area (Å²) in [5, 5.41) is 7.29. The summed E-state index contributed by atoms with van der Waals surface area (Å²) >= 11 is 0. The third-order valence-electron chi connectivity index (χ3n) is 4.45. The molecule has 8 nitrogen and oxygen atoms in total. The summed E-state index contributed by atoms with van der Waals surface area (Å²) in [6.07, 6.45) is 3.43. The number of amides is 1. The Morgan fingerprint density at radius 1 is 1.40 bits per heavy atom. The molecule has 25 heavy (non-hydrogen) atoms. The van der Waals surface area contributed by atoms with Crippen molar-refractivity contribution in [1.82, 2.24) is 20.4 Å². The summed E-state index contributed by atoms with van der Waals surface area (Å²) in [6.45, 7) is 2.99. The summed E-state index contributed by atoms with van der Waals surface area (Å²) in [6, 6.07) is 3.83. The largest absolute Gasteiger partial charge is 0.461 e. The highest BCUT2D eigenvalue weighted by molar-refractivity contribution is 5.85. The highest BCUT2D eigenvalue weighted by atomic mass is 35.5. The molecule has 0 radical (unpaired) electrons. The first-order valence-corrected chi connectivity index (χ1v) is 8.29. The van der Waals surface area contributed by atoms with Gasteiger partial charge in [-0.15, -0.1) is 12.4 Å². The predicted octanol–water partition coefficient (Wildman–Crippen LogP) is 1.27. The van der Waals surface area contributed by atoms with Crippen LogP contribution in [-0.2, 0) is 16.0 Å². The molecule has 2 aliphatic rings. The van der Waals surface area contributed by atoms with Crippen LogP contribution in [0.3, 0.4) is 0 Å². The van der Waals surface area contributed by atoms with Crippen molar-refractivity contribution in [1.29, 1.82) is 0 Å². The van der Waals surface area contributed by atoms with Crippen LogP contribution in [0.2, 0.25) is 0 Å². The Hall–Kier alpha value is -1.90. The van der Waals surface area contributed by atoms with E-state index in [0.29, 0.717) is 43.3 Å². The molecule has 0 aliphatic carbocycles. The Morgan fingerprint density at radius 3 is 3.12 bits per heavy atom. The molecule has 9 heteroatoms. The Kier molecular flexibility index (Phi) is 5.72. The first-order valence-electron chi connectivity index (χ1n) is 8.29. The SMILES string of the molecule is Cl.O=C(CCCc1nc(-c2ccco2)no1)N1C[C@@H]2NCCO[C@H]2C1. The van der Waals surface area contributed by atoms with Gasteiger partial charge in [0.15, 0.2) is 5.76 Å². The van der Waals surface area contributed by atoms with Crippen molar-refractivity contribution in [3.63, 3.8) is 0 Å². The maximum Gasteiger partial charge on any atom is 0.238 e. The summed E-state index contributed by atoms with van der Waals surface area (Å²) in [5.41, 5.74) is 0. The van der Waals surface area contributed by atoms with Gasteiger partial charge >= 0.3 is 0 Å². The first kappa shape index (κ1) is 17.9. The topological polar surface area (TPSA) is 93.6 Å². The minimum Gasteiger partial charge on any atom is -0.461 e. The molecule has 0 aromatic carbocycles. The number of fused-ring (bicyclic) bond motifs is 1. The number of furan rings is 1. The highest BCUT2D eigenvalue weighted by Gasteiger charge is 2.37. The zero-order chi connectivity index (χ0) is 16.4. The van der Waals surface area contributed by atoms with Gasteiger partial charge in [-0.3, -0.25) is 4.79 Å². The lowest BCUT2D eigenvalue weighted by Crippen LogP contribution is -2.47. The Labute approximate surface area is 151 Å². The molecule has 0 spiro atoms. The third kappa shape index (κ3) is 4.02. The number of morpholine rings is 1. The number of carbonyl (C=O) groups is 1. The standard InChI is InChI=1S/C16H20N4O4.ClH/c21-15(20-9-11-13(10-20)23-8-6-17-11)5-1-4-14-18-16(19-24-14)12-3-2-7-22-12;/h2-3,7,11,13,17H,1,4-6,8-10H2;1H/t11-,13-;/m0./s1. The Morgan fingerprint density at radius 2 is 2.32 bits per heavy atom. The average molecular weight is 369 g/mol. The van der Waals surface area contributed by atoms with Gasteiger partial charge < -0.3 is 23.9 Å². The lowest BCUT2D eigenvalue weighted by molar-refractivity contribution is -0.130. The van der Waals surface area contributed by atoms with Crippen LogP contribution in [0.15, 0.2) is 27.3 Å². The molecule has 2 aromatic rings. The quantitative estimate of drug-likeness (QED) is 0.849. The third-order valence-corrected chi connectivity index (χ3v) is 4.45. The van der Waals surface area contributed by atoms with Crippen molar-refractivity contribution < 1.29 is 18.5 Å². The van der Waals surface area contributed by atoms with Gasteiger partial charge in [0.25, 0.3) is 0 Å². The minimum atomic E-state index is 0. The molecule has 0 unspecified atom stereocenters. The molecule has 2 fully saturated rings. The van der Waals surface area contributed by atoms with Gasteiger partial charge in [-0.2, -0.15) is 4.98 Å². The molecule has 2 saturated heterocycles. The van der Waals surface area contributed by atoms with Gasteiger partial charge in [0, 0.05) is 32.5 Å². The van der Waals surface area contributed by atoms with E-state index in [-0.39, 0.29) is 30.5 Å². The maximum absolute atomic E-state index is 12.3. The number of aryl methyl sites for hydroxylation is 1. The van der Waals surface area contributed by atoms with Crippen molar-refractivity contribution in [2.45, 2.75) is 31.4 Å². The minimum absolute atomic E-state index is 0. The number of likely N-dealkylation sites (tertiary alicyclic amines) is 1. The van der Waals surface area contributed by atoms with Crippen LogP contribution in [0, 0.1) is 0 Å². The fourth-order valence-electron chi connectivity index (χ4n) is 3.21. The lowest BCUT2D eigenvalue weighted by atomic mass is 10.2. The van der Waals surface area contributed by atoms with Crippen molar-refractivity contribution >= 4 is 18.3 Å². The van der Waals surface area contributed by atoms with E-state index in [0.717, 1.165) is 19.7 Å². The van der Waals surface area contributed by atoms with E-state index in [2.05, 4.69) is 15.5 Å². The Bertz CT molecular complexity index is 676. The van der Waals surface area contributed by atoms with Crippen molar-refractivity contribution in [2.75, 3.05) is 26.2 Å². The smallest absolute Gasteiger partial charge is 0.238 e. The normalized spacial score (nSPS) is 22.5. The molecule has 0 saturated carbocycles. The van der Waals surface area contributed by atoms with Crippen molar-refractivity contribution in [3.8, 4) is 11.6 Å². The molecule has 1 N–H and O–H groups in total. The number of carbonyl (C=O) groups excluding carboxylic acids is 1. The second-order valence-electron chi connectivity index (χ2n) is 6.11. The summed E-state index contributed by atoms with van der Waals surface area (Å²) in [4.78, 5) is 18.5. The van der Waals surface area contributed by atoms with Crippen molar-refractivity contribution in [3.05, 3.63) is 24.3 Å². The van der Waals surface area contributed by atoms with E-state index in [1.54, 1.807) is 18.4 Å². The molecule has 2 aliphatic heterocycles. The van der Waals surface area contributed by atoms with E-state index in [4.69, 9.17) is 13.7 Å². The zero-order valence-electron chi connectivity index (χ0n) is 13.7. The molecular formula is C16H21ClN4O4. The van der Waals surface area contributed by atoms with Gasteiger partial charge in [-0.1, -0.05) is 5.16 Å². The molecule has 1 amide bonds. The van der Waals surface area contributed by atoms with E-state index in [9.17, 15) is 4.79 Å². The maximum atomic E-state index is 12.3. The number of nitrogens with one attached hydrogen (secondary N) is 1. The van der Waals surface area contributed by atoms with Crippen LogP contribution in [-0.4, -0.2) is 59.3 Å². The van der Waals surface area contributed by atoms with Crippen molar-refractivity contribution in [2.24, 2.45) is 0 Å². The van der Waals surface area contributed by atoms with Gasteiger partial charge in [0.05, 0.1) is 25.0 Å². The lowest BCUT2D eigenvalue weighted by Gasteiger charge is -2.25. The molecule has 136 valence electrons.